The molecule has 0 N–H and O–H groups in total. The summed E-state index contributed by atoms with van der Waals surface area (Å²) in [5.74, 6) is 0.632. The van der Waals surface area contributed by atoms with E-state index in [0.717, 1.165) is 6.42 Å². The first kappa shape index (κ1) is 9.34. The minimum Gasteiger partial charge on any atom is -0.122 e. The van der Waals surface area contributed by atoms with Crippen molar-refractivity contribution in [1.82, 2.24) is 0 Å². The van der Waals surface area contributed by atoms with Gasteiger partial charge in [-0.25, -0.2) is 0 Å². The quantitative estimate of drug-likeness (QED) is 0.494. The molecule has 0 heterocycles. The molecule has 0 aliphatic carbocycles. The zero-order valence-electron chi connectivity index (χ0n) is 7.26. The fourth-order valence-electron chi connectivity index (χ4n) is 0.961. The van der Waals surface area contributed by atoms with Crippen LogP contribution in [0.15, 0.2) is 42.0 Å². The molecule has 0 amide bonds. The highest BCUT2D eigenvalue weighted by molar-refractivity contribution is 6.19. The highest BCUT2D eigenvalue weighted by atomic mass is 35.5. The lowest BCUT2D eigenvalue weighted by Gasteiger charge is -1.96. The van der Waals surface area contributed by atoms with Crippen molar-refractivity contribution in [1.29, 1.82) is 0 Å². The topological polar surface area (TPSA) is 0 Å². The molecular formula is C11H13Cl. The van der Waals surface area contributed by atoms with Crippen molar-refractivity contribution in [3.8, 4) is 0 Å². The van der Waals surface area contributed by atoms with Gasteiger partial charge in [-0.05, 0) is 18.9 Å². The summed E-state index contributed by atoms with van der Waals surface area (Å²) in [7, 11) is 0. The molecule has 12 heavy (non-hydrogen) atoms. The smallest absolute Gasteiger partial charge is 0.0430 e. The van der Waals surface area contributed by atoms with E-state index in [4.69, 9.17) is 11.6 Å². The van der Waals surface area contributed by atoms with E-state index >= 15 is 0 Å². The Morgan fingerprint density at radius 3 is 2.58 bits per heavy atom. The number of hydrogen-bond acceptors (Lipinski definition) is 0. The minimum absolute atomic E-state index is 0.632. The van der Waals surface area contributed by atoms with Gasteiger partial charge in [0, 0.05) is 5.88 Å². The van der Waals surface area contributed by atoms with Crippen LogP contribution in [0.2, 0.25) is 0 Å². The zero-order valence-corrected chi connectivity index (χ0v) is 8.01. The van der Waals surface area contributed by atoms with Crippen molar-refractivity contribution in [2.75, 3.05) is 5.88 Å². The molecule has 64 valence electrons. The first-order valence-electron chi connectivity index (χ1n) is 4.08. The van der Waals surface area contributed by atoms with Gasteiger partial charge in [-0.3, -0.25) is 0 Å². The molecule has 0 aliphatic heterocycles. The van der Waals surface area contributed by atoms with E-state index in [2.05, 4.69) is 37.3 Å². The second-order valence-corrected chi connectivity index (χ2v) is 3.14. The van der Waals surface area contributed by atoms with Gasteiger partial charge in [-0.15, -0.1) is 11.6 Å². The monoisotopic (exact) mass is 180 g/mol. The largest absolute Gasteiger partial charge is 0.122 e. The number of benzene rings is 1. The van der Waals surface area contributed by atoms with Crippen molar-refractivity contribution in [2.45, 2.75) is 13.3 Å². The van der Waals surface area contributed by atoms with Gasteiger partial charge < -0.3 is 0 Å². The van der Waals surface area contributed by atoms with Crippen LogP contribution in [0.1, 0.15) is 12.5 Å². The molecular weight excluding hydrogens is 168 g/mol. The third-order valence-electron chi connectivity index (χ3n) is 1.74. The van der Waals surface area contributed by atoms with Crippen LogP contribution in [0.4, 0.5) is 0 Å². The van der Waals surface area contributed by atoms with E-state index in [-0.39, 0.29) is 0 Å². The summed E-state index contributed by atoms with van der Waals surface area (Å²) in [5, 5.41) is 0. The van der Waals surface area contributed by atoms with Crippen LogP contribution in [-0.4, -0.2) is 5.88 Å². The summed E-state index contributed by atoms with van der Waals surface area (Å²) in [6.07, 6.45) is 3.15. The molecule has 0 unspecified atom stereocenters. The summed E-state index contributed by atoms with van der Waals surface area (Å²) in [5.41, 5.74) is 2.57. The normalized spacial score (nSPS) is 11.7. The molecule has 0 saturated heterocycles. The highest BCUT2D eigenvalue weighted by Gasteiger charge is 1.88. The van der Waals surface area contributed by atoms with Gasteiger partial charge in [0.05, 0.1) is 0 Å². The second-order valence-electron chi connectivity index (χ2n) is 2.87. The number of alkyl halides is 1. The maximum Gasteiger partial charge on any atom is 0.0430 e. The van der Waals surface area contributed by atoms with Crippen LogP contribution in [-0.2, 0) is 6.42 Å². The van der Waals surface area contributed by atoms with Crippen LogP contribution in [0, 0.1) is 0 Å². The van der Waals surface area contributed by atoms with Crippen molar-refractivity contribution >= 4 is 11.6 Å². The molecule has 1 rings (SSSR count). The second kappa shape index (κ2) is 5.00. The zero-order chi connectivity index (χ0) is 8.81. The Balaban J connectivity index is 2.54. The predicted molar refractivity (Wildman–Crippen MR) is 54.6 cm³/mol. The Morgan fingerprint density at radius 1 is 1.33 bits per heavy atom. The lowest BCUT2D eigenvalue weighted by atomic mass is 10.1. The molecule has 0 atom stereocenters. The number of rotatable bonds is 3. The van der Waals surface area contributed by atoms with E-state index < -0.39 is 0 Å². The Morgan fingerprint density at radius 2 is 2.00 bits per heavy atom. The summed E-state index contributed by atoms with van der Waals surface area (Å²) in [4.78, 5) is 0. The van der Waals surface area contributed by atoms with Crippen molar-refractivity contribution in [2.24, 2.45) is 0 Å². The number of halogens is 1. The Kier molecular flexibility index (Phi) is 3.89. The van der Waals surface area contributed by atoms with Crippen molar-refractivity contribution in [3.63, 3.8) is 0 Å². The van der Waals surface area contributed by atoms with Gasteiger partial charge in [0.15, 0.2) is 0 Å². The summed E-state index contributed by atoms with van der Waals surface area (Å²) in [6.45, 7) is 2.05. The van der Waals surface area contributed by atoms with E-state index in [1.54, 1.807) is 0 Å². The summed E-state index contributed by atoms with van der Waals surface area (Å²) >= 11 is 5.65. The first-order chi connectivity index (χ1) is 5.83. The molecule has 0 saturated carbocycles. The Hall–Kier alpha value is -0.750. The van der Waals surface area contributed by atoms with E-state index in [9.17, 15) is 0 Å². The lowest BCUT2D eigenvalue weighted by molar-refractivity contribution is 1.22. The average molecular weight is 181 g/mol. The summed E-state index contributed by atoms with van der Waals surface area (Å²) in [6, 6.07) is 10.4. The third-order valence-corrected chi connectivity index (χ3v) is 2.16. The van der Waals surface area contributed by atoms with Crippen LogP contribution < -0.4 is 0 Å². The van der Waals surface area contributed by atoms with Crippen LogP contribution >= 0.6 is 11.6 Å². The molecule has 0 nitrogen and oxygen atoms in total. The van der Waals surface area contributed by atoms with Gasteiger partial charge in [-0.2, -0.15) is 0 Å². The van der Waals surface area contributed by atoms with Crippen LogP contribution in [0.25, 0.3) is 0 Å². The van der Waals surface area contributed by atoms with Gasteiger partial charge in [0.25, 0.3) is 0 Å². The maximum absolute atomic E-state index is 5.65. The van der Waals surface area contributed by atoms with E-state index in [1.807, 2.05) is 6.07 Å². The summed E-state index contributed by atoms with van der Waals surface area (Å²) < 4.78 is 0. The molecule has 0 aliphatic rings. The minimum atomic E-state index is 0.632. The fraction of sp³-hybridized carbons (Fsp3) is 0.273. The molecule has 1 aromatic rings. The predicted octanol–water partition coefficient (Wildman–Crippen LogP) is 3.41. The number of hydrogen-bond donors (Lipinski definition) is 0. The Labute approximate surface area is 78.9 Å². The van der Waals surface area contributed by atoms with Gasteiger partial charge >= 0.3 is 0 Å². The highest BCUT2D eigenvalue weighted by Crippen LogP contribution is 2.03. The average Bonchev–Trinajstić information content (AvgIpc) is 2.16. The van der Waals surface area contributed by atoms with E-state index in [0.29, 0.717) is 5.88 Å². The standard InChI is InChI=1S/C11H13Cl/c1-10(9-12)7-8-11-5-3-2-4-6-11/h2-7H,8-9H2,1H3. The molecule has 1 aromatic carbocycles. The molecule has 0 radical (unpaired) electrons. The molecule has 0 spiro atoms. The third kappa shape index (κ3) is 3.10. The molecule has 0 fully saturated rings. The fourth-order valence-corrected chi connectivity index (χ4v) is 1.07. The van der Waals surface area contributed by atoms with Gasteiger partial charge in [0.2, 0.25) is 0 Å². The number of allylic oxidation sites excluding steroid dienone is 2. The van der Waals surface area contributed by atoms with E-state index in [1.165, 1.54) is 11.1 Å². The maximum atomic E-state index is 5.65. The SMILES string of the molecule is CC(=CCc1ccccc1)CCl. The molecule has 0 aromatic heterocycles. The Bertz CT molecular complexity index is 249. The molecule has 0 bridgehead atoms. The van der Waals surface area contributed by atoms with Crippen molar-refractivity contribution < 1.29 is 0 Å². The van der Waals surface area contributed by atoms with Crippen LogP contribution in [0.5, 0.6) is 0 Å². The van der Waals surface area contributed by atoms with Crippen molar-refractivity contribution in [3.05, 3.63) is 47.5 Å². The van der Waals surface area contributed by atoms with Gasteiger partial charge in [-0.1, -0.05) is 42.0 Å². The molecule has 1 heteroatoms. The lowest BCUT2D eigenvalue weighted by Crippen LogP contribution is -1.82. The first-order valence-corrected chi connectivity index (χ1v) is 4.62. The van der Waals surface area contributed by atoms with Gasteiger partial charge in [0.1, 0.15) is 0 Å². The van der Waals surface area contributed by atoms with Crippen LogP contribution in [0.3, 0.4) is 0 Å².